The third-order valence-corrected chi connectivity index (χ3v) is 4.54. The predicted octanol–water partition coefficient (Wildman–Crippen LogP) is 3.78. The Kier molecular flexibility index (Phi) is 5.05. The van der Waals surface area contributed by atoms with E-state index in [9.17, 15) is 19.3 Å². The van der Waals surface area contributed by atoms with Gasteiger partial charge in [-0.2, -0.15) is 4.39 Å². The van der Waals surface area contributed by atoms with E-state index in [1.165, 1.54) is 12.3 Å². The van der Waals surface area contributed by atoms with Crippen LogP contribution >= 0.6 is 23.4 Å². The molecular weight excluding hydrogens is 385 g/mol. The van der Waals surface area contributed by atoms with Crippen LogP contribution in [0.2, 0.25) is 5.02 Å². The fourth-order valence-corrected chi connectivity index (χ4v) is 3.07. The number of carbonyl (C=O) groups is 1. The number of nitro groups is 1. The van der Waals surface area contributed by atoms with E-state index in [-0.39, 0.29) is 5.69 Å². The second-order valence-corrected chi connectivity index (χ2v) is 7.01. The molecule has 1 atom stereocenters. The van der Waals surface area contributed by atoms with Gasteiger partial charge >= 0.3 is 5.69 Å². The number of amides is 1. The number of nitrogens with zero attached hydrogens (tertiary/aromatic N) is 3. The number of aromatic nitrogens is 3. The highest BCUT2D eigenvalue weighted by molar-refractivity contribution is 8.00. The van der Waals surface area contributed by atoms with E-state index >= 15 is 0 Å². The lowest BCUT2D eigenvalue weighted by atomic mass is 10.2. The highest BCUT2D eigenvalue weighted by atomic mass is 35.5. The van der Waals surface area contributed by atoms with Gasteiger partial charge in [0.25, 0.3) is 0 Å². The van der Waals surface area contributed by atoms with Gasteiger partial charge in [0.1, 0.15) is 0 Å². The molecule has 3 aromatic rings. The summed E-state index contributed by atoms with van der Waals surface area (Å²) in [5.41, 5.74) is 0.539. The number of hydrogen-bond donors (Lipinski definition) is 2. The number of hydrogen-bond acceptors (Lipinski definition) is 6. The molecule has 0 aliphatic heterocycles. The van der Waals surface area contributed by atoms with Crippen LogP contribution in [0.3, 0.4) is 0 Å². The zero-order valence-electron chi connectivity index (χ0n) is 13.2. The molecule has 0 saturated carbocycles. The smallest absolute Gasteiger partial charge is 0.306 e. The van der Waals surface area contributed by atoms with E-state index in [0.717, 1.165) is 23.9 Å². The average Bonchev–Trinajstić information content (AvgIpc) is 2.97. The number of nitrogens with one attached hydrogen (secondary N) is 2. The molecule has 0 bridgehead atoms. The number of anilines is 1. The lowest BCUT2D eigenvalue weighted by molar-refractivity contribution is -0.387. The largest absolute Gasteiger partial charge is 0.331 e. The topological polar surface area (TPSA) is 114 Å². The molecule has 2 heterocycles. The fraction of sp³-hybridized carbons (Fsp3) is 0.133. The standard InChI is InChI=1S/C15H11ClFN5O3S/c1-7(26-15-20-11-4-8(16)6-18-13(11)21-15)14(23)19-9-2-3-10(17)12(5-9)22(24)25/h2-7H,1H3,(H,19,23)(H,18,20,21)/t7-/m0/s1. The lowest BCUT2D eigenvalue weighted by Gasteiger charge is -2.10. The number of benzene rings is 1. The Morgan fingerprint density at radius 3 is 2.96 bits per heavy atom. The van der Waals surface area contributed by atoms with Crippen LogP contribution in [0, 0.1) is 15.9 Å². The van der Waals surface area contributed by atoms with Crippen LogP contribution in [-0.2, 0) is 4.79 Å². The van der Waals surface area contributed by atoms with Crippen molar-refractivity contribution in [2.45, 2.75) is 17.3 Å². The van der Waals surface area contributed by atoms with Crippen molar-refractivity contribution >= 4 is 51.8 Å². The van der Waals surface area contributed by atoms with Crippen molar-refractivity contribution in [1.82, 2.24) is 15.0 Å². The summed E-state index contributed by atoms with van der Waals surface area (Å²) in [7, 11) is 0. The Hall–Kier alpha value is -2.72. The number of carbonyl (C=O) groups excluding carboxylic acids is 1. The number of nitro benzene ring substituents is 1. The number of aromatic amines is 1. The minimum Gasteiger partial charge on any atom is -0.331 e. The molecule has 0 aliphatic rings. The van der Waals surface area contributed by atoms with E-state index in [4.69, 9.17) is 11.6 Å². The predicted molar refractivity (Wildman–Crippen MR) is 95.9 cm³/mol. The molecule has 2 N–H and O–H groups in total. The minimum atomic E-state index is -0.969. The molecule has 134 valence electrons. The number of thioether (sulfide) groups is 1. The molecular formula is C15H11ClFN5O3S. The van der Waals surface area contributed by atoms with E-state index in [0.29, 0.717) is 21.3 Å². The third-order valence-electron chi connectivity index (χ3n) is 3.35. The molecule has 1 aromatic carbocycles. The van der Waals surface area contributed by atoms with Crippen molar-refractivity contribution < 1.29 is 14.1 Å². The number of halogens is 2. The van der Waals surface area contributed by atoms with Gasteiger partial charge in [0.2, 0.25) is 11.7 Å². The molecule has 0 fully saturated rings. The van der Waals surface area contributed by atoms with Gasteiger partial charge < -0.3 is 10.3 Å². The number of imidazole rings is 1. The number of H-pyrrole nitrogens is 1. The second-order valence-electron chi connectivity index (χ2n) is 5.24. The molecule has 1 amide bonds. The van der Waals surface area contributed by atoms with E-state index in [2.05, 4.69) is 20.3 Å². The number of pyridine rings is 1. The zero-order valence-corrected chi connectivity index (χ0v) is 14.8. The maximum absolute atomic E-state index is 13.3. The van der Waals surface area contributed by atoms with Gasteiger partial charge in [0, 0.05) is 18.0 Å². The first-order valence-electron chi connectivity index (χ1n) is 7.26. The summed E-state index contributed by atoms with van der Waals surface area (Å²) in [4.78, 5) is 33.5. The second kappa shape index (κ2) is 7.26. The van der Waals surface area contributed by atoms with Crippen molar-refractivity contribution in [2.24, 2.45) is 0 Å². The summed E-state index contributed by atoms with van der Waals surface area (Å²) in [5.74, 6) is -1.38. The van der Waals surface area contributed by atoms with Crippen LogP contribution in [0.15, 0.2) is 35.6 Å². The monoisotopic (exact) mass is 395 g/mol. The SMILES string of the molecule is C[C@H](Sc1nc2ncc(Cl)cc2[nH]1)C(=O)Nc1ccc(F)c([N+](=O)[O-])c1. The summed E-state index contributed by atoms with van der Waals surface area (Å²) < 4.78 is 13.3. The van der Waals surface area contributed by atoms with Crippen molar-refractivity contribution in [1.29, 1.82) is 0 Å². The Labute approximate surface area is 155 Å². The Balaban J connectivity index is 1.71. The van der Waals surface area contributed by atoms with Crippen molar-refractivity contribution in [3.05, 3.63) is 51.4 Å². The maximum Gasteiger partial charge on any atom is 0.306 e. The van der Waals surface area contributed by atoms with Crippen LogP contribution in [0.25, 0.3) is 11.2 Å². The van der Waals surface area contributed by atoms with Crippen molar-refractivity contribution in [2.75, 3.05) is 5.32 Å². The first-order chi connectivity index (χ1) is 12.3. The molecule has 0 saturated heterocycles. The quantitative estimate of drug-likeness (QED) is 0.386. The molecule has 8 nitrogen and oxygen atoms in total. The van der Waals surface area contributed by atoms with E-state index in [1.54, 1.807) is 13.0 Å². The molecule has 0 unspecified atom stereocenters. The summed E-state index contributed by atoms with van der Waals surface area (Å²) in [6, 6.07) is 4.83. The first kappa shape index (κ1) is 18.1. The van der Waals surface area contributed by atoms with Crippen LogP contribution in [0.5, 0.6) is 0 Å². The molecule has 11 heteroatoms. The Bertz CT molecular complexity index is 1010. The third kappa shape index (κ3) is 3.92. The number of rotatable bonds is 5. The van der Waals surface area contributed by atoms with E-state index < -0.39 is 27.6 Å². The highest BCUT2D eigenvalue weighted by Crippen LogP contribution is 2.26. The average molecular weight is 396 g/mol. The molecule has 26 heavy (non-hydrogen) atoms. The maximum atomic E-state index is 13.3. The highest BCUT2D eigenvalue weighted by Gasteiger charge is 2.19. The molecule has 2 aromatic heterocycles. The van der Waals surface area contributed by atoms with Crippen molar-refractivity contribution in [3.63, 3.8) is 0 Å². The Morgan fingerprint density at radius 2 is 2.23 bits per heavy atom. The fourth-order valence-electron chi connectivity index (χ4n) is 2.10. The van der Waals surface area contributed by atoms with Gasteiger partial charge in [-0.1, -0.05) is 23.4 Å². The molecule has 0 radical (unpaired) electrons. The van der Waals surface area contributed by atoms with Gasteiger partial charge in [0.05, 0.1) is 20.7 Å². The zero-order chi connectivity index (χ0) is 18.8. The molecule has 0 aliphatic carbocycles. The van der Waals surface area contributed by atoms with Gasteiger partial charge in [0.15, 0.2) is 10.8 Å². The minimum absolute atomic E-state index is 0.133. The van der Waals surface area contributed by atoms with Crippen LogP contribution in [0.4, 0.5) is 15.8 Å². The summed E-state index contributed by atoms with van der Waals surface area (Å²) >= 11 is 7.01. The summed E-state index contributed by atoms with van der Waals surface area (Å²) in [5, 5.41) is 13.6. The van der Waals surface area contributed by atoms with Gasteiger partial charge in [-0.05, 0) is 25.1 Å². The van der Waals surface area contributed by atoms with Crippen LogP contribution in [-0.4, -0.2) is 31.0 Å². The van der Waals surface area contributed by atoms with Gasteiger partial charge in [-0.25, -0.2) is 9.97 Å². The summed E-state index contributed by atoms with van der Waals surface area (Å²) in [6.07, 6.45) is 1.47. The molecule has 0 spiro atoms. The normalized spacial score (nSPS) is 12.1. The molecule has 3 rings (SSSR count). The number of fused-ring (bicyclic) bond motifs is 1. The van der Waals surface area contributed by atoms with Gasteiger partial charge in [-0.15, -0.1) is 0 Å². The van der Waals surface area contributed by atoms with Crippen LogP contribution in [0.1, 0.15) is 6.92 Å². The Morgan fingerprint density at radius 1 is 1.46 bits per heavy atom. The summed E-state index contributed by atoms with van der Waals surface area (Å²) in [6.45, 7) is 1.64. The lowest BCUT2D eigenvalue weighted by Crippen LogP contribution is -2.22. The first-order valence-corrected chi connectivity index (χ1v) is 8.52. The van der Waals surface area contributed by atoms with E-state index in [1.807, 2.05) is 0 Å². The van der Waals surface area contributed by atoms with Crippen molar-refractivity contribution in [3.8, 4) is 0 Å². The van der Waals surface area contributed by atoms with Gasteiger partial charge in [-0.3, -0.25) is 14.9 Å². The van der Waals surface area contributed by atoms with Crippen LogP contribution < -0.4 is 5.32 Å².